The molecule has 1 atom stereocenters. The fourth-order valence-electron chi connectivity index (χ4n) is 3.53. The average molecular weight is 308 g/mol. The van der Waals surface area contributed by atoms with E-state index in [9.17, 15) is 4.79 Å². The number of aryl methyl sites for hydroxylation is 1. The Balaban J connectivity index is 1.55. The topological polar surface area (TPSA) is 72.4 Å². The highest BCUT2D eigenvalue weighted by atomic mass is 16.4. The summed E-state index contributed by atoms with van der Waals surface area (Å²) in [6.45, 7) is 0. The standard InChI is InChI=1S/C17H16N4O2/c22-17(23)13-9-21-14(4-6-16(21)19-13)12-8-20-7-11(10-1-2-10)3-5-15(20)18-12/h3,5,7-10,14H,1-2,4,6H2,(H,22,23). The van der Waals surface area contributed by atoms with Crippen LogP contribution in [0.25, 0.3) is 5.65 Å². The second-order valence-corrected chi connectivity index (χ2v) is 6.48. The van der Waals surface area contributed by atoms with Crippen molar-refractivity contribution in [1.82, 2.24) is 18.9 Å². The zero-order valence-electron chi connectivity index (χ0n) is 12.5. The monoisotopic (exact) mass is 308 g/mol. The SMILES string of the molecule is O=C(O)c1cn2c(n1)CCC2c1cn2cc(C3CC3)ccc2n1. The fourth-order valence-corrected chi connectivity index (χ4v) is 3.53. The van der Waals surface area contributed by atoms with Crippen LogP contribution >= 0.6 is 0 Å². The number of aromatic carboxylic acids is 1. The maximum Gasteiger partial charge on any atom is 0.356 e. The van der Waals surface area contributed by atoms with Crippen molar-refractivity contribution < 1.29 is 9.90 Å². The van der Waals surface area contributed by atoms with Crippen LogP contribution in [0.5, 0.6) is 0 Å². The minimum Gasteiger partial charge on any atom is -0.476 e. The van der Waals surface area contributed by atoms with Crippen molar-refractivity contribution in [2.24, 2.45) is 0 Å². The molecule has 0 spiro atoms. The van der Waals surface area contributed by atoms with Gasteiger partial charge in [0.25, 0.3) is 0 Å². The maximum atomic E-state index is 11.1. The van der Waals surface area contributed by atoms with Crippen LogP contribution in [0.1, 0.15) is 58.8 Å². The van der Waals surface area contributed by atoms with E-state index < -0.39 is 5.97 Å². The lowest BCUT2D eigenvalue weighted by Gasteiger charge is -2.08. The van der Waals surface area contributed by atoms with Crippen molar-refractivity contribution in [1.29, 1.82) is 0 Å². The highest BCUT2D eigenvalue weighted by Crippen LogP contribution is 2.40. The molecule has 0 radical (unpaired) electrons. The number of aromatic nitrogens is 4. The molecule has 0 bridgehead atoms. The van der Waals surface area contributed by atoms with Gasteiger partial charge in [0.1, 0.15) is 11.5 Å². The molecule has 0 aromatic carbocycles. The number of pyridine rings is 1. The third kappa shape index (κ3) is 1.98. The van der Waals surface area contributed by atoms with Gasteiger partial charge in [-0.1, -0.05) is 6.07 Å². The molecule has 2 aliphatic rings. The van der Waals surface area contributed by atoms with Gasteiger partial charge in [-0.05, 0) is 36.8 Å². The van der Waals surface area contributed by atoms with E-state index in [0.717, 1.165) is 35.9 Å². The Hall–Kier alpha value is -2.63. The van der Waals surface area contributed by atoms with E-state index in [1.807, 2.05) is 4.57 Å². The number of carboxylic acids is 1. The molecule has 116 valence electrons. The largest absolute Gasteiger partial charge is 0.476 e. The van der Waals surface area contributed by atoms with Crippen LogP contribution in [0, 0.1) is 0 Å². The lowest BCUT2D eigenvalue weighted by molar-refractivity contribution is 0.0690. The van der Waals surface area contributed by atoms with Gasteiger partial charge in [-0.15, -0.1) is 0 Å². The first-order valence-electron chi connectivity index (χ1n) is 7.98. The van der Waals surface area contributed by atoms with Crippen molar-refractivity contribution >= 4 is 11.6 Å². The van der Waals surface area contributed by atoms with E-state index in [2.05, 4.69) is 33.9 Å². The smallest absolute Gasteiger partial charge is 0.356 e. The summed E-state index contributed by atoms with van der Waals surface area (Å²) in [6, 6.07) is 4.32. The number of fused-ring (bicyclic) bond motifs is 2. The van der Waals surface area contributed by atoms with Gasteiger partial charge in [-0.25, -0.2) is 14.8 Å². The molecule has 1 unspecified atom stereocenters. The Labute approximate surface area is 132 Å². The summed E-state index contributed by atoms with van der Waals surface area (Å²) in [5.41, 5.74) is 3.41. The van der Waals surface area contributed by atoms with E-state index in [-0.39, 0.29) is 11.7 Å². The first-order chi connectivity index (χ1) is 11.2. The van der Waals surface area contributed by atoms with E-state index in [1.54, 1.807) is 6.20 Å². The first kappa shape index (κ1) is 12.9. The predicted molar refractivity (Wildman–Crippen MR) is 82.8 cm³/mol. The number of nitrogens with zero attached hydrogens (tertiary/aromatic N) is 4. The summed E-state index contributed by atoms with van der Waals surface area (Å²) < 4.78 is 4.06. The zero-order valence-corrected chi connectivity index (χ0v) is 12.5. The summed E-state index contributed by atoms with van der Waals surface area (Å²) in [5.74, 6) is 0.577. The zero-order chi connectivity index (χ0) is 15.6. The number of hydrogen-bond donors (Lipinski definition) is 1. The van der Waals surface area contributed by atoms with E-state index >= 15 is 0 Å². The Kier molecular flexibility index (Phi) is 2.48. The summed E-state index contributed by atoms with van der Waals surface area (Å²) in [5, 5.41) is 9.11. The van der Waals surface area contributed by atoms with Crippen molar-refractivity contribution in [3.8, 4) is 0 Å². The van der Waals surface area contributed by atoms with Crippen LogP contribution in [0.3, 0.4) is 0 Å². The van der Waals surface area contributed by atoms with Gasteiger partial charge < -0.3 is 14.1 Å². The molecule has 0 saturated heterocycles. The first-order valence-corrected chi connectivity index (χ1v) is 7.98. The molecule has 3 aromatic rings. The Morgan fingerprint density at radius 3 is 2.78 bits per heavy atom. The number of carbonyl (C=O) groups is 1. The van der Waals surface area contributed by atoms with E-state index in [1.165, 1.54) is 18.4 Å². The van der Waals surface area contributed by atoms with Crippen LogP contribution in [-0.2, 0) is 6.42 Å². The summed E-state index contributed by atoms with van der Waals surface area (Å²) in [6.07, 6.45) is 10.2. The number of carboxylic acid groups (broad SMARTS) is 1. The molecule has 4 heterocycles. The fraction of sp³-hybridized carbons (Fsp3) is 0.353. The highest BCUT2D eigenvalue weighted by Gasteiger charge is 2.29. The van der Waals surface area contributed by atoms with Gasteiger partial charge in [-0.3, -0.25) is 0 Å². The van der Waals surface area contributed by atoms with Crippen LogP contribution in [0.2, 0.25) is 0 Å². The molecular weight excluding hydrogens is 292 g/mol. The number of rotatable bonds is 3. The summed E-state index contributed by atoms with van der Waals surface area (Å²) >= 11 is 0. The van der Waals surface area contributed by atoms with Gasteiger partial charge in [0, 0.05) is 25.0 Å². The molecule has 6 nitrogen and oxygen atoms in total. The molecule has 1 N–H and O–H groups in total. The molecule has 6 heteroatoms. The third-order valence-electron chi connectivity index (χ3n) is 4.89. The normalized spacial score (nSPS) is 20.1. The molecule has 0 amide bonds. The minimum atomic E-state index is -0.977. The van der Waals surface area contributed by atoms with E-state index in [4.69, 9.17) is 10.1 Å². The molecule has 3 aromatic heterocycles. The second-order valence-electron chi connectivity index (χ2n) is 6.48. The Bertz CT molecular complexity index is 935. The minimum absolute atomic E-state index is 0.0786. The van der Waals surface area contributed by atoms with Crippen LogP contribution in [0.4, 0.5) is 0 Å². The van der Waals surface area contributed by atoms with E-state index in [0.29, 0.717) is 0 Å². The van der Waals surface area contributed by atoms with Crippen molar-refractivity contribution in [3.63, 3.8) is 0 Å². The van der Waals surface area contributed by atoms with Crippen molar-refractivity contribution in [2.75, 3.05) is 0 Å². The second kappa shape index (κ2) is 4.44. The lowest BCUT2D eigenvalue weighted by atomic mass is 10.1. The number of hydrogen-bond acceptors (Lipinski definition) is 3. The van der Waals surface area contributed by atoms with Gasteiger partial charge in [0.15, 0.2) is 5.69 Å². The molecule has 1 saturated carbocycles. The van der Waals surface area contributed by atoms with Gasteiger partial charge in [0.05, 0.1) is 11.7 Å². The van der Waals surface area contributed by atoms with Crippen LogP contribution in [-0.4, -0.2) is 30.0 Å². The molecule has 5 rings (SSSR count). The third-order valence-corrected chi connectivity index (χ3v) is 4.89. The number of imidazole rings is 2. The lowest BCUT2D eigenvalue weighted by Crippen LogP contribution is -2.05. The molecule has 1 fully saturated rings. The van der Waals surface area contributed by atoms with Crippen LogP contribution < -0.4 is 0 Å². The Morgan fingerprint density at radius 2 is 2.00 bits per heavy atom. The Morgan fingerprint density at radius 1 is 1.13 bits per heavy atom. The average Bonchev–Trinajstić information content (AvgIpc) is 2.99. The van der Waals surface area contributed by atoms with Crippen LogP contribution in [0.15, 0.2) is 30.7 Å². The van der Waals surface area contributed by atoms with Gasteiger partial charge >= 0.3 is 5.97 Å². The quantitative estimate of drug-likeness (QED) is 0.807. The van der Waals surface area contributed by atoms with Gasteiger partial charge in [0.2, 0.25) is 0 Å². The molecule has 1 aliphatic carbocycles. The molecule has 1 aliphatic heterocycles. The van der Waals surface area contributed by atoms with Crippen molar-refractivity contribution in [2.45, 2.75) is 37.6 Å². The highest BCUT2D eigenvalue weighted by molar-refractivity contribution is 5.85. The molecular formula is C17H16N4O2. The predicted octanol–water partition coefficient (Wildman–Crippen LogP) is 2.64. The summed E-state index contributed by atoms with van der Waals surface area (Å²) in [4.78, 5) is 20.0. The summed E-state index contributed by atoms with van der Waals surface area (Å²) in [7, 11) is 0. The van der Waals surface area contributed by atoms with Gasteiger partial charge in [-0.2, -0.15) is 0 Å². The molecule has 23 heavy (non-hydrogen) atoms. The maximum absolute atomic E-state index is 11.1. The van der Waals surface area contributed by atoms with Crippen molar-refractivity contribution in [3.05, 3.63) is 53.5 Å².